The van der Waals surface area contributed by atoms with Crippen LogP contribution in [0.25, 0.3) is 22.2 Å². The highest BCUT2D eigenvalue weighted by atomic mass is 35.5. The molecule has 2 aromatic heterocycles. The minimum absolute atomic E-state index is 0.440. The lowest BCUT2D eigenvalue weighted by atomic mass is 10.1. The average molecular weight is 334 g/mol. The number of rotatable bonds is 3. The molecule has 0 saturated heterocycles. The van der Waals surface area contributed by atoms with E-state index in [4.69, 9.17) is 11.6 Å². The summed E-state index contributed by atoms with van der Waals surface area (Å²) in [6.07, 6.45) is 3.32. The van der Waals surface area contributed by atoms with Gasteiger partial charge in [0.05, 0.1) is 11.2 Å². The molecule has 5 nitrogen and oxygen atoms in total. The molecule has 4 rings (SSSR count). The molecule has 116 valence electrons. The van der Waals surface area contributed by atoms with E-state index >= 15 is 0 Å². The molecule has 0 radical (unpaired) electrons. The first-order valence-corrected chi connectivity index (χ1v) is 7.74. The lowest BCUT2D eigenvalue weighted by Gasteiger charge is -2.10. The number of benzene rings is 2. The molecule has 0 unspecified atom stereocenters. The van der Waals surface area contributed by atoms with Crippen molar-refractivity contribution >= 4 is 34.4 Å². The fourth-order valence-electron chi connectivity index (χ4n) is 2.44. The van der Waals surface area contributed by atoms with Crippen LogP contribution in [-0.4, -0.2) is 19.9 Å². The van der Waals surface area contributed by atoms with E-state index < -0.39 is 0 Å². The summed E-state index contributed by atoms with van der Waals surface area (Å²) in [6, 6.07) is 17.2. The van der Waals surface area contributed by atoms with E-state index in [1.807, 2.05) is 48.5 Å². The third kappa shape index (κ3) is 2.89. The number of aromatic nitrogens is 4. The Morgan fingerprint density at radius 3 is 2.38 bits per heavy atom. The van der Waals surface area contributed by atoms with Gasteiger partial charge in [0.1, 0.15) is 0 Å². The topological polar surface area (TPSA) is 63.6 Å². The number of nitrogens with zero attached hydrogens (tertiary/aromatic N) is 4. The standard InChI is InChI=1S/C18H12ClN5/c19-13-7-8-15-14(11-13)16(12-5-2-1-3-6-12)23-18(22-15)24-17-20-9-4-10-21-17/h1-11H,(H,20,21,22,23,24). The highest BCUT2D eigenvalue weighted by Gasteiger charge is 2.11. The van der Waals surface area contributed by atoms with Crippen molar-refractivity contribution < 1.29 is 0 Å². The predicted molar refractivity (Wildman–Crippen MR) is 95.3 cm³/mol. The quantitative estimate of drug-likeness (QED) is 0.598. The Hall–Kier alpha value is -3.05. The third-order valence-electron chi connectivity index (χ3n) is 3.49. The smallest absolute Gasteiger partial charge is 0.230 e. The molecule has 24 heavy (non-hydrogen) atoms. The lowest BCUT2D eigenvalue weighted by molar-refractivity contribution is 1.12. The lowest BCUT2D eigenvalue weighted by Crippen LogP contribution is -2.02. The number of nitrogens with one attached hydrogen (secondary N) is 1. The van der Waals surface area contributed by atoms with Crippen LogP contribution in [-0.2, 0) is 0 Å². The van der Waals surface area contributed by atoms with E-state index in [2.05, 4.69) is 25.3 Å². The van der Waals surface area contributed by atoms with Crippen LogP contribution in [0.1, 0.15) is 0 Å². The number of halogens is 1. The molecule has 0 aliphatic rings. The second-order valence-corrected chi connectivity index (χ2v) is 5.56. The summed E-state index contributed by atoms with van der Waals surface area (Å²) in [5.41, 5.74) is 2.59. The second kappa shape index (κ2) is 6.22. The van der Waals surface area contributed by atoms with Crippen molar-refractivity contribution in [3.05, 3.63) is 72.0 Å². The molecule has 0 spiro atoms. The Kier molecular flexibility index (Phi) is 3.76. The highest BCUT2D eigenvalue weighted by molar-refractivity contribution is 6.31. The Balaban J connectivity index is 1.89. The van der Waals surface area contributed by atoms with Gasteiger partial charge in [0, 0.05) is 28.4 Å². The van der Waals surface area contributed by atoms with Gasteiger partial charge in [-0.3, -0.25) is 5.32 Å². The van der Waals surface area contributed by atoms with Gasteiger partial charge in [0.2, 0.25) is 11.9 Å². The van der Waals surface area contributed by atoms with Gasteiger partial charge >= 0.3 is 0 Å². The summed E-state index contributed by atoms with van der Waals surface area (Å²) in [5, 5.41) is 4.59. The summed E-state index contributed by atoms with van der Waals surface area (Å²) >= 11 is 6.16. The van der Waals surface area contributed by atoms with Gasteiger partial charge in [-0.1, -0.05) is 41.9 Å². The van der Waals surface area contributed by atoms with E-state index in [-0.39, 0.29) is 0 Å². The molecule has 6 heteroatoms. The molecule has 1 N–H and O–H groups in total. The molecule has 0 bridgehead atoms. The minimum Gasteiger partial charge on any atom is -0.293 e. The fraction of sp³-hybridized carbons (Fsp3) is 0. The van der Waals surface area contributed by atoms with Crippen molar-refractivity contribution in [1.82, 2.24) is 19.9 Å². The van der Waals surface area contributed by atoms with Crippen LogP contribution in [0.2, 0.25) is 5.02 Å². The van der Waals surface area contributed by atoms with Gasteiger partial charge < -0.3 is 0 Å². The Morgan fingerprint density at radius 2 is 1.58 bits per heavy atom. The number of hydrogen-bond acceptors (Lipinski definition) is 5. The Bertz CT molecular complexity index is 990. The normalized spacial score (nSPS) is 10.7. The van der Waals surface area contributed by atoms with Crippen molar-refractivity contribution in [1.29, 1.82) is 0 Å². The van der Waals surface area contributed by atoms with Gasteiger partial charge in [-0.2, -0.15) is 0 Å². The monoisotopic (exact) mass is 333 g/mol. The van der Waals surface area contributed by atoms with Crippen molar-refractivity contribution in [2.75, 3.05) is 5.32 Å². The maximum Gasteiger partial charge on any atom is 0.230 e. The Labute approximate surface area is 143 Å². The van der Waals surface area contributed by atoms with Crippen LogP contribution >= 0.6 is 11.6 Å². The molecule has 2 aromatic carbocycles. The highest BCUT2D eigenvalue weighted by Crippen LogP contribution is 2.29. The minimum atomic E-state index is 0.440. The third-order valence-corrected chi connectivity index (χ3v) is 3.73. The van der Waals surface area contributed by atoms with Crippen LogP contribution in [0.4, 0.5) is 11.9 Å². The average Bonchev–Trinajstić information content (AvgIpc) is 2.63. The molecule has 2 heterocycles. The summed E-state index contributed by atoms with van der Waals surface area (Å²) in [5.74, 6) is 0.889. The van der Waals surface area contributed by atoms with Gasteiger partial charge in [-0.25, -0.2) is 19.9 Å². The second-order valence-electron chi connectivity index (χ2n) is 5.12. The SMILES string of the molecule is Clc1ccc2nc(Nc3ncccn3)nc(-c3ccccc3)c2c1. The van der Waals surface area contributed by atoms with E-state index in [0.717, 1.165) is 22.2 Å². The molecular weight excluding hydrogens is 322 g/mol. The van der Waals surface area contributed by atoms with E-state index in [0.29, 0.717) is 16.9 Å². The van der Waals surface area contributed by atoms with Crippen molar-refractivity contribution in [2.45, 2.75) is 0 Å². The zero-order valence-corrected chi connectivity index (χ0v) is 13.3. The van der Waals surface area contributed by atoms with E-state index in [9.17, 15) is 0 Å². The zero-order valence-electron chi connectivity index (χ0n) is 12.5. The Morgan fingerprint density at radius 1 is 0.792 bits per heavy atom. The molecule has 0 atom stereocenters. The summed E-state index contributed by atoms with van der Waals surface area (Å²) in [6.45, 7) is 0. The van der Waals surface area contributed by atoms with Crippen LogP contribution in [0.5, 0.6) is 0 Å². The van der Waals surface area contributed by atoms with E-state index in [1.54, 1.807) is 18.5 Å². The predicted octanol–water partition coefficient (Wildman–Crippen LogP) is 4.48. The first-order valence-electron chi connectivity index (χ1n) is 7.36. The number of fused-ring (bicyclic) bond motifs is 1. The van der Waals surface area contributed by atoms with Crippen LogP contribution < -0.4 is 5.32 Å². The number of anilines is 2. The summed E-state index contributed by atoms with van der Waals surface area (Å²) in [4.78, 5) is 17.5. The molecule has 0 saturated carbocycles. The van der Waals surface area contributed by atoms with Gasteiger partial charge in [-0.15, -0.1) is 0 Å². The fourth-order valence-corrected chi connectivity index (χ4v) is 2.61. The van der Waals surface area contributed by atoms with Crippen molar-refractivity contribution in [3.63, 3.8) is 0 Å². The zero-order chi connectivity index (χ0) is 16.4. The largest absolute Gasteiger partial charge is 0.293 e. The van der Waals surface area contributed by atoms with Crippen molar-refractivity contribution in [2.24, 2.45) is 0 Å². The first-order chi connectivity index (χ1) is 11.8. The van der Waals surface area contributed by atoms with Gasteiger partial charge in [-0.05, 0) is 24.3 Å². The van der Waals surface area contributed by atoms with Gasteiger partial charge in [0.15, 0.2) is 0 Å². The molecule has 0 amide bonds. The van der Waals surface area contributed by atoms with Crippen LogP contribution in [0, 0.1) is 0 Å². The molecule has 0 fully saturated rings. The molecule has 4 aromatic rings. The first kappa shape index (κ1) is 14.5. The molecular formula is C18H12ClN5. The maximum absolute atomic E-state index is 6.16. The summed E-state index contributed by atoms with van der Waals surface area (Å²) in [7, 11) is 0. The molecule has 0 aliphatic heterocycles. The van der Waals surface area contributed by atoms with Crippen LogP contribution in [0.15, 0.2) is 67.0 Å². The number of hydrogen-bond donors (Lipinski definition) is 1. The van der Waals surface area contributed by atoms with E-state index in [1.165, 1.54) is 0 Å². The molecule has 0 aliphatic carbocycles. The van der Waals surface area contributed by atoms with Crippen molar-refractivity contribution in [3.8, 4) is 11.3 Å². The van der Waals surface area contributed by atoms with Gasteiger partial charge in [0.25, 0.3) is 0 Å². The van der Waals surface area contributed by atoms with Crippen LogP contribution in [0.3, 0.4) is 0 Å². The maximum atomic E-state index is 6.16. The summed E-state index contributed by atoms with van der Waals surface area (Å²) < 4.78 is 0.